The van der Waals surface area contributed by atoms with Crippen molar-refractivity contribution in [2.75, 3.05) is 5.73 Å². The molecule has 0 aromatic heterocycles. The third kappa shape index (κ3) is 5.82. The lowest BCUT2D eigenvalue weighted by Crippen LogP contribution is -2.07. The third-order valence-electron chi connectivity index (χ3n) is 7.91. The summed E-state index contributed by atoms with van der Waals surface area (Å²) in [6.07, 6.45) is 0. The van der Waals surface area contributed by atoms with E-state index in [9.17, 15) is 0 Å². The molecule has 3 aromatic carbocycles. The van der Waals surface area contributed by atoms with Crippen molar-refractivity contribution < 1.29 is 0 Å². The molecule has 0 radical (unpaired) electrons. The molecule has 3 rings (SSSR count). The van der Waals surface area contributed by atoms with Crippen molar-refractivity contribution >= 4 is 5.69 Å². The van der Waals surface area contributed by atoms with Gasteiger partial charge in [-0.25, -0.2) is 0 Å². The molecule has 0 bridgehead atoms. The van der Waals surface area contributed by atoms with Crippen LogP contribution in [-0.2, 0) is 0 Å². The van der Waals surface area contributed by atoms with Crippen LogP contribution >= 0.6 is 0 Å². The van der Waals surface area contributed by atoms with E-state index in [0.29, 0.717) is 35.5 Å². The molecule has 37 heavy (non-hydrogen) atoms. The fraction of sp³-hybridized carbons (Fsp3) is 0.500. The molecule has 0 aliphatic rings. The molecule has 3 aromatic rings. The quantitative estimate of drug-likeness (QED) is 0.308. The smallest absolute Gasteiger partial charge is 0.0473 e. The molecule has 0 unspecified atom stereocenters. The summed E-state index contributed by atoms with van der Waals surface area (Å²) in [4.78, 5) is 0. The summed E-state index contributed by atoms with van der Waals surface area (Å²) in [5.74, 6) is 2.65. The fourth-order valence-corrected chi connectivity index (χ4v) is 5.53. The van der Waals surface area contributed by atoms with Crippen LogP contribution in [0.5, 0.6) is 0 Å². The zero-order valence-corrected chi connectivity index (χ0v) is 25.6. The van der Waals surface area contributed by atoms with E-state index in [1.54, 1.807) is 0 Å². The Morgan fingerprint density at radius 1 is 0.432 bits per heavy atom. The van der Waals surface area contributed by atoms with E-state index in [1.165, 1.54) is 55.6 Å². The van der Waals surface area contributed by atoms with Gasteiger partial charge in [0.15, 0.2) is 0 Å². The Labute approximate surface area is 227 Å². The highest BCUT2D eigenvalue weighted by Gasteiger charge is 2.24. The normalized spacial score (nSPS) is 12.3. The van der Waals surface area contributed by atoms with E-state index in [4.69, 9.17) is 5.73 Å². The molecule has 1 nitrogen and oxygen atoms in total. The summed E-state index contributed by atoms with van der Waals surface area (Å²) in [5.41, 5.74) is 21.6. The Balaban J connectivity index is 2.44. The molecule has 200 valence electrons. The third-order valence-corrected chi connectivity index (χ3v) is 7.91. The topological polar surface area (TPSA) is 26.0 Å². The lowest BCUT2D eigenvalue weighted by molar-refractivity contribution is 0.807. The van der Waals surface area contributed by atoms with Crippen molar-refractivity contribution in [3.05, 3.63) is 75.8 Å². The number of rotatable bonds is 8. The van der Waals surface area contributed by atoms with Crippen LogP contribution in [0.3, 0.4) is 0 Å². The lowest BCUT2D eigenvalue weighted by atomic mass is 9.78. The van der Waals surface area contributed by atoms with Crippen molar-refractivity contribution in [2.45, 2.75) is 119 Å². The molecule has 0 atom stereocenters. The van der Waals surface area contributed by atoms with Gasteiger partial charge in [0.1, 0.15) is 0 Å². The Morgan fingerprint density at radius 2 is 0.703 bits per heavy atom. The fourth-order valence-electron chi connectivity index (χ4n) is 5.53. The number of anilines is 1. The largest absolute Gasteiger partial charge is 0.398 e. The second kappa shape index (κ2) is 11.5. The summed E-state index contributed by atoms with van der Waals surface area (Å²) in [5, 5.41) is 0. The van der Waals surface area contributed by atoms with Gasteiger partial charge >= 0.3 is 0 Å². The number of nitrogen functional groups attached to an aromatic ring is 1. The van der Waals surface area contributed by atoms with Crippen LogP contribution in [0.4, 0.5) is 5.69 Å². The maximum Gasteiger partial charge on any atom is 0.0473 e. The van der Waals surface area contributed by atoms with Crippen molar-refractivity contribution in [2.24, 2.45) is 0 Å². The molecule has 0 fully saturated rings. The minimum Gasteiger partial charge on any atom is -0.398 e. The van der Waals surface area contributed by atoms with Crippen LogP contribution in [-0.4, -0.2) is 0 Å². The van der Waals surface area contributed by atoms with Gasteiger partial charge in [-0.2, -0.15) is 0 Å². The van der Waals surface area contributed by atoms with Crippen LogP contribution in [0.25, 0.3) is 22.3 Å². The molecule has 0 aliphatic carbocycles. The van der Waals surface area contributed by atoms with Crippen molar-refractivity contribution in [1.29, 1.82) is 0 Å². The van der Waals surface area contributed by atoms with Crippen molar-refractivity contribution in [3.63, 3.8) is 0 Å². The standard InChI is InChI=1S/C36H51N/c1-20(2)26-16-30(22(5)6)34(31(17-26)23(7)8)28-14-13-15-29(36(28)37)35-32(24(9)10)18-27(21(3)4)19-33(35)25(11)12/h13-25H,37H2,1-12H3. The van der Waals surface area contributed by atoms with Gasteiger partial charge in [-0.3, -0.25) is 0 Å². The average molecular weight is 498 g/mol. The maximum atomic E-state index is 7.22. The lowest BCUT2D eigenvalue weighted by Gasteiger charge is -2.27. The van der Waals surface area contributed by atoms with Crippen LogP contribution in [0, 0.1) is 0 Å². The Bertz CT molecular complexity index is 1090. The second-order valence-corrected chi connectivity index (χ2v) is 12.8. The maximum absolute atomic E-state index is 7.22. The van der Waals surface area contributed by atoms with Gasteiger partial charge in [-0.1, -0.05) is 126 Å². The van der Waals surface area contributed by atoms with Crippen LogP contribution < -0.4 is 5.73 Å². The molecular formula is C36H51N. The number of benzene rings is 3. The van der Waals surface area contributed by atoms with Crippen molar-refractivity contribution in [1.82, 2.24) is 0 Å². The first-order valence-corrected chi connectivity index (χ1v) is 14.5. The first kappa shape index (κ1) is 29.0. The van der Waals surface area contributed by atoms with E-state index in [1.807, 2.05) is 0 Å². The van der Waals surface area contributed by atoms with Gasteiger partial charge in [-0.05, 0) is 80.0 Å². The summed E-state index contributed by atoms with van der Waals surface area (Å²) in [6, 6.07) is 16.4. The van der Waals surface area contributed by atoms with Crippen LogP contribution in [0.1, 0.15) is 152 Å². The molecule has 0 saturated heterocycles. The number of nitrogens with two attached hydrogens (primary N) is 1. The highest BCUT2D eigenvalue weighted by molar-refractivity contribution is 5.93. The predicted octanol–water partition coefficient (Wildman–Crippen LogP) is 11.3. The monoisotopic (exact) mass is 497 g/mol. The van der Waals surface area contributed by atoms with E-state index < -0.39 is 0 Å². The second-order valence-electron chi connectivity index (χ2n) is 12.8. The zero-order valence-electron chi connectivity index (χ0n) is 25.6. The van der Waals surface area contributed by atoms with Gasteiger partial charge in [0, 0.05) is 16.8 Å². The summed E-state index contributed by atoms with van der Waals surface area (Å²) in [6.45, 7) is 27.7. The predicted molar refractivity (Wildman–Crippen MR) is 166 cm³/mol. The SMILES string of the molecule is CC(C)c1cc(C(C)C)c(-c2cccc(-c3c(C(C)C)cc(C(C)C)cc3C(C)C)c2N)c(C(C)C)c1. The highest BCUT2D eigenvalue weighted by Crippen LogP contribution is 2.46. The van der Waals surface area contributed by atoms with E-state index in [-0.39, 0.29) is 0 Å². The molecule has 2 N–H and O–H groups in total. The van der Waals surface area contributed by atoms with Gasteiger partial charge in [0.05, 0.1) is 0 Å². The summed E-state index contributed by atoms with van der Waals surface area (Å²) < 4.78 is 0. The molecule has 1 heteroatoms. The van der Waals surface area contributed by atoms with E-state index in [2.05, 4.69) is 126 Å². The Kier molecular flexibility index (Phi) is 8.99. The van der Waals surface area contributed by atoms with Crippen LogP contribution in [0.15, 0.2) is 42.5 Å². The van der Waals surface area contributed by atoms with Gasteiger partial charge in [0.2, 0.25) is 0 Å². The zero-order chi connectivity index (χ0) is 27.8. The van der Waals surface area contributed by atoms with Gasteiger partial charge in [0.25, 0.3) is 0 Å². The molecule has 0 aliphatic heterocycles. The van der Waals surface area contributed by atoms with Crippen molar-refractivity contribution in [3.8, 4) is 22.3 Å². The molecule has 0 amide bonds. The molecule has 0 heterocycles. The van der Waals surface area contributed by atoms with Gasteiger partial charge in [-0.15, -0.1) is 0 Å². The Hall–Kier alpha value is -2.54. The molecule has 0 saturated carbocycles. The minimum atomic E-state index is 0.414. The van der Waals surface area contributed by atoms with E-state index in [0.717, 1.165) is 5.69 Å². The number of hydrogen-bond acceptors (Lipinski definition) is 1. The average Bonchev–Trinajstić information content (AvgIpc) is 2.82. The molecular weight excluding hydrogens is 446 g/mol. The highest BCUT2D eigenvalue weighted by atomic mass is 14.6. The van der Waals surface area contributed by atoms with Crippen LogP contribution in [0.2, 0.25) is 0 Å². The first-order valence-electron chi connectivity index (χ1n) is 14.5. The number of hydrogen-bond donors (Lipinski definition) is 1. The minimum absolute atomic E-state index is 0.414. The van der Waals surface area contributed by atoms with E-state index >= 15 is 0 Å². The molecule has 0 spiro atoms. The Morgan fingerprint density at radius 3 is 0.919 bits per heavy atom. The summed E-state index contributed by atoms with van der Waals surface area (Å²) in [7, 11) is 0. The first-order chi connectivity index (χ1) is 17.3. The van der Waals surface area contributed by atoms with Gasteiger partial charge < -0.3 is 5.73 Å². The summed E-state index contributed by atoms with van der Waals surface area (Å²) >= 11 is 0. The number of para-hydroxylation sites is 1.